The molecule has 0 radical (unpaired) electrons. The summed E-state index contributed by atoms with van der Waals surface area (Å²) in [6.45, 7) is 0.641. The number of amides is 1. The molecular weight excluding hydrogens is 348 g/mol. The number of hydrogen-bond donors (Lipinski definition) is 4. The molecule has 136 valence electrons. The van der Waals surface area contributed by atoms with Crippen LogP contribution in [-0.4, -0.2) is 31.6 Å². The van der Waals surface area contributed by atoms with Crippen LogP contribution < -0.4 is 27.7 Å². The maximum Gasteiger partial charge on any atom is 0.279 e. The van der Waals surface area contributed by atoms with Crippen molar-refractivity contribution in [2.24, 2.45) is 5.73 Å². The summed E-state index contributed by atoms with van der Waals surface area (Å²) < 4.78 is 2.79. The molecule has 3 aromatic rings. The largest absolute Gasteiger partial charge is 0.383 e. The minimum absolute atomic E-state index is 0.138. The standard InChI is InChI=1S/C17H16N8O2/c18-12-8-13(23-16-10(15(19)26)9-21-25(12)16)22-11-4-3-7-24(17(11)27)14-5-1-2-6-20-14/h1-5,7-9,20H,6,18H2,(H2,19,26)(H,22,23). The second-order valence-electron chi connectivity index (χ2n) is 5.81. The quantitative estimate of drug-likeness (QED) is 0.520. The highest BCUT2D eigenvalue weighted by atomic mass is 16.1. The van der Waals surface area contributed by atoms with E-state index >= 15 is 0 Å². The number of allylic oxidation sites excluding steroid dienone is 2. The predicted octanol–water partition coefficient (Wildman–Crippen LogP) is 0.273. The summed E-state index contributed by atoms with van der Waals surface area (Å²) in [5.74, 6) is 0.539. The van der Waals surface area contributed by atoms with E-state index < -0.39 is 5.91 Å². The number of hydrogen-bond acceptors (Lipinski definition) is 7. The van der Waals surface area contributed by atoms with E-state index in [2.05, 4.69) is 20.7 Å². The Kier molecular flexibility index (Phi) is 3.84. The molecule has 3 aromatic heterocycles. The lowest BCUT2D eigenvalue weighted by Crippen LogP contribution is -2.28. The molecule has 0 fully saturated rings. The van der Waals surface area contributed by atoms with Crippen molar-refractivity contribution in [3.63, 3.8) is 0 Å². The van der Waals surface area contributed by atoms with Crippen LogP contribution in [0.15, 0.2) is 53.6 Å². The Morgan fingerprint density at radius 1 is 1.37 bits per heavy atom. The molecular formula is C17H16N8O2. The average molecular weight is 364 g/mol. The molecule has 0 saturated heterocycles. The van der Waals surface area contributed by atoms with E-state index in [0.717, 1.165) is 0 Å². The van der Waals surface area contributed by atoms with Crippen LogP contribution in [0.1, 0.15) is 10.4 Å². The molecule has 6 N–H and O–H groups in total. The molecule has 0 aliphatic carbocycles. The number of nitrogens with two attached hydrogens (primary N) is 2. The number of dihydropyridines is 1. The Hall–Kier alpha value is -4.08. The number of pyridine rings is 1. The Morgan fingerprint density at radius 2 is 2.22 bits per heavy atom. The van der Waals surface area contributed by atoms with Crippen LogP contribution in [0, 0.1) is 0 Å². The van der Waals surface area contributed by atoms with E-state index in [-0.39, 0.29) is 22.6 Å². The van der Waals surface area contributed by atoms with E-state index in [1.165, 1.54) is 21.3 Å². The summed E-state index contributed by atoms with van der Waals surface area (Å²) in [7, 11) is 0. The number of nitrogen functional groups attached to an aromatic ring is 1. The number of aromatic nitrogens is 4. The fraction of sp³-hybridized carbons (Fsp3) is 0.0588. The maximum absolute atomic E-state index is 12.8. The van der Waals surface area contributed by atoms with Crippen LogP contribution in [0.5, 0.6) is 0 Å². The first-order chi connectivity index (χ1) is 13.0. The first kappa shape index (κ1) is 16.4. The highest BCUT2D eigenvalue weighted by molar-refractivity contribution is 5.98. The maximum atomic E-state index is 12.8. The fourth-order valence-corrected chi connectivity index (χ4v) is 2.76. The van der Waals surface area contributed by atoms with Gasteiger partial charge in [-0.1, -0.05) is 12.2 Å². The van der Waals surface area contributed by atoms with Gasteiger partial charge in [0.15, 0.2) is 5.65 Å². The number of primary amides is 1. The van der Waals surface area contributed by atoms with Gasteiger partial charge in [-0.05, 0) is 18.2 Å². The van der Waals surface area contributed by atoms with Crippen molar-refractivity contribution in [1.29, 1.82) is 0 Å². The van der Waals surface area contributed by atoms with Crippen molar-refractivity contribution in [2.75, 3.05) is 17.6 Å². The van der Waals surface area contributed by atoms with Gasteiger partial charge in [-0.25, -0.2) is 4.98 Å². The number of anilines is 3. The number of fused-ring (bicyclic) bond motifs is 1. The molecule has 0 spiro atoms. The van der Waals surface area contributed by atoms with E-state index in [9.17, 15) is 9.59 Å². The summed E-state index contributed by atoms with van der Waals surface area (Å²) in [6, 6.07) is 4.88. The van der Waals surface area contributed by atoms with Crippen molar-refractivity contribution in [3.05, 3.63) is 64.7 Å². The summed E-state index contributed by atoms with van der Waals surface area (Å²) in [4.78, 5) is 28.6. The zero-order chi connectivity index (χ0) is 19.0. The Balaban J connectivity index is 1.75. The van der Waals surface area contributed by atoms with Gasteiger partial charge in [0.1, 0.15) is 28.7 Å². The van der Waals surface area contributed by atoms with Crippen LogP contribution in [0.25, 0.3) is 11.5 Å². The molecule has 1 aliphatic rings. The second kappa shape index (κ2) is 6.33. The number of rotatable bonds is 4. The van der Waals surface area contributed by atoms with Gasteiger partial charge in [0.25, 0.3) is 11.5 Å². The van der Waals surface area contributed by atoms with E-state index in [0.29, 0.717) is 23.9 Å². The third-order valence-corrected chi connectivity index (χ3v) is 4.03. The number of nitrogens with one attached hydrogen (secondary N) is 2. The van der Waals surface area contributed by atoms with Gasteiger partial charge in [-0.2, -0.15) is 9.61 Å². The Morgan fingerprint density at radius 3 is 2.96 bits per heavy atom. The average Bonchev–Trinajstić information content (AvgIpc) is 3.09. The zero-order valence-electron chi connectivity index (χ0n) is 14.1. The SMILES string of the molecule is NC(=O)c1cnn2c(N)cc(Nc3cccn(C4=CC=CCN4)c3=O)nc12. The Bertz CT molecular complexity index is 1170. The van der Waals surface area contributed by atoms with Gasteiger partial charge >= 0.3 is 0 Å². The van der Waals surface area contributed by atoms with Crippen molar-refractivity contribution in [2.45, 2.75) is 0 Å². The first-order valence-corrected chi connectivity index (χ1v) is 8.08. The van der Waals surface area contributed by atoms with Crippen molar-refractivity contribution < 1.29 is 4.79 Å². The normalized spacial score (nSPS) is 13.3. The smallest absolute Gasteiger partial charge is 0.279 e. The highest BCUT2D eigenvalue weighted by Gasteiger charge is 2.15. The van der Waals surface area contributed by atoms with Gasteiger partial charge in [0, 0.05) is 18.8 Å². The monoisotopic (exact) mass is 364 g/mol. The molecule has 0 saturated carbocycles. The van der Waals surface area contributed by atoms with Gasteiger partial charge in [-0.3, -0.25) is 14.2 Å². The van der Waals surface area contributed by atoms with Crippen molar-refractivity contribution >= 4 is 34.7 Å². The minimum atomic E-state index is -0.667. The van der Waals surface area contributed by atoms with Gasteiger partial charge in [0.05, 0.1) is 6.20 Å². The summed E-state index contributed by atoms with van der Waals surface area (Å²) >= 11 is 0. The summed E-state index contributed by atoms with van der Waals surface area (Å²) in [6.07, 6.45) is 8.59. The molecule has 4 heterocycles. The molecule has 10 heteroatoms. The van der Waals surface area contributed by atoms with Crippen LogP contribution >= 0.6 is 0 Å². The van der Waals surface area contributed by atoms with Crippen LogP contribution in [0.3, 0.4) is 0 Å². The van der Waals surface area contributed by atoms with E-state index in [1.807, 2.05) is 18.2 Å². The summed E-state index contributed by atoms with van der Waals surface area (Å²) in [5, 5.41) is 10.1. The molecule has 0 aromatic carbocycles. The summed E-state index contributed by atoms with van der Waals surface area (Å²) in [5.41, 5.74) is 11.7. The van der Waals surface area contributed by atoms with E-state index in [4.69, 9.17) is 11.5 Å². The third kappa shape index (κ3) is 2.88. The lowest BCUT2D eigenvalue weighted by atomic mass is 10.3. The number of carbonyl (C=O) groups is 1. The molecule has 4 rings (SSSR count). The van der Waals surface area contributed by atoms with Crippen molar-refractivity contribution in [3.8, 4) is 0 Å². The molecule has 1 aliphatic heterocycles. The van der Waals surface area contributed by atoms with E-state index in [1.54, 1.807) is 18.3 Å². The third-order valence-electron chi connectivity index (χ3n) is 4.03. The number of nitrogens with zero attached hydrogens (tertiary/aromatic N) is 4. The van der Waals surface area contributed by atoms with Gasteiger partial charge < -0.3 is 22.1 Å². The second-order valence-corrected chi connectivity index (χ2v) is 5.81. The Labute approximate surface area is 152 Å². The molecule has 0 unspecified atom stereocenters. The molecule has 0 bridgehead atoms. The molecule has 10 nitrogen and oxygen atoms in total. The predicted molar refractivity (Wildman–Crippen MR) is 101 cm³/mol. The number of carbonyl (C=O) groups excluding carboxylic acids is 1. The fourth-order valence-electron chi connectivity index (χ4n) is 2.76. The zero-order valence-corrected chi connectivity index (χ0v) is 14.1. The topological polar surface area (TPSA) is 145 Å². The molecule has 0 atom stereocenters. The molecule has 1 amide bonds. The first-order valence-electron chi connectivity index (χ1n) is 8.08. The lowest BCUT2D eigenvalue weighted by Gasteiger charge is -2.15. The van der Waals surface area contributed by atoms with Crippen LogP contribution in [0.2, 0.25) is 0 Å². The lowest BCUT2D eigenvalue weighted by molar-refractivity contribution is 0.100. The molecule has 27 heavy (non-hydrogen) atoms. The van der Waals surface area contributed by atoms with Crippen molar-refractivity contribution in [1.82, 2.24) is 24.5 Å². The van der Waals surface area contributed by atoms with Gasteiger partial charge in [0.2, 0.25) is 0 Å². The highest BCUT2D eigenvalue weighted by Crippen LogP contribution is 2.19. The minimum Gasteiger partial charge on any atom is -0.383 e. The van der Waals surface area contributed by atoms with Crippen LogP contribution in [-0.2, 0) is 0 Å². The van der Waals surface area contributed by atoms with Crippen LogP contribution in [0.4, 0.5) is 17.3 Å². The van der Waals surface area contributed by atoms with Gasteiger partial charge in [-0.15, -0.1) is 0 Å².